The van der Waals surface area contributed by atoms with E-state index in [0.717, 1.165) is 25.3 Å². The lowest BCUT2D eigenvalue weighted by atomic mass is 10.0. The molecule has 0 aromatic heterocycles. The highest BCUT2D eigenvalue weighted by Crippen LogP contribution is 2.15. The van der Waals surface area contributed by atoms with Crippen LogP contribution in [0.5, 0.6) is 0 Å². The summed E-state index contributed by atoms with van der Waals surface area (Å²) in [6.07, 6.45) is 20.2. The molecule has 3 nitrogen and oxygen atoms in total. The number of aliphatic hydroxyl groups is 1. The lowest BCUT2D eigenvalue weighted by molar-refractivity contribution is 0.0766. The van der Waals surface area contributed by atoms with Gasteiger partial charge in [-0.1, -0.05) is 90.4 Å². The number of aliphatic hydroxyl groups excluding tert-OH is 1. The number of halogens is 2. The number of aliphatic imine (C=N–C) groups is 1. The Morgan fingerprint density at radius 1 is 0.808 bits per heavy atom. The summed E-state index contributed by atoms with van der Waals surface area (Å²) in [7, 11) is 0. The second-order valence-electron chi connectivity index (χ2n) is 7.47. The molecule has 5 heteroatoms. The fourth-order valence-electron chi connectivity index (χ4n) is 3.61. The Labute approximate surface area is 160 Å². The standard InChI is InChI=1S/C21H42N2O.2FH/c1-3-4-5-6-7-8-9-10-11-12-13-14-15-16-17-21-22-18-19-23(21)20(2)24;;/h20,24H,3-19H2,1-2H3;2*1H. The highest BCUT2D eigenvalue weighted by Gasteiger charge is 2.19. The zero-order valence-corrected chi connectivity index (χ0v) is 17.3. The normalized spacial score (nSPS) is 14.6. The molecule has 0 saturated heterocycles. The number of rotatable bonds is 16. The van der Waals surface area contributed by atoms with Crippen LogP contribution in [0.1, 0.15) is 110 Å². The minimum Gasteiger partial charge on any atom is -0.374 e. The first-order valence-electron chi connectivity index (χ1n) is 10.7. The highest BCUT2D eigenvalue weighted by atomic mass is 19.0. The van der Waals surface area contributed by atoms with E-state index >= 15 is 0 Å². The van der Waals surface area contributed by atoms with Crippen LogP contribution in [0.2, 0.25) is 0 Å². The lowest BCUT2D eigenvalue weighted by Gasteiger charge is -2.23. The van der Waals surface area contributed by atoms with E-state index in [0.29, 0.717) is 0 Å². The maximum atomic E-state index is 9.68. The quantitative estimate of drug-likeness (QED) is 0.324. The van der Waals surface area contributed by atoms with Crippen molar-refractivity contribution in [2.75, 3.05) is 13.1 Å². The summed E-state index contributed by atoms with van der Waals surface area (Å²) in [6.45, 7) is 5.88. The lowest BCUT2D eigenvalue weighted by Crippen LogP contribution is -2.35. The van der Waals surface area contributed by atoms with Crippen molar-refractivity contribution in [3.05, 3.63) is 0 Å². The van der Waals surface area contributed by atoms with Crippen LogP contribution in [-0.2, 0) is 0 Å². The highest BCUT2D eigenvalue weighted by molar-refractivity contribution is 5.83. The summed E-state index contributed by atoms with van der Waals surface area (Å²) < 4.78 is 0. The van der Waals surface area contributed by atoms with Gasteiger partial charge in [0.05, 0.1) is 6.54 Å². The molecule has 0 aromatic carbocycles. The van der Waals surface area contributed by atoms with Crippen LogP contribution in [0.4, 0.5) is 9.41 Å². The fraction of sp³-hybridized carbons (Fsp3) is 0.952. The second kappa shape index (κ2) is 19.1. The van der Waals surface area contributed by atoms with Gasteiger partial charge in [-0.2, -0.15) is 0 Å². The smallest absolute Gasteiger partial charge is 0.125 e. The molecule has 1 heterocycles. The minimum atomic E-state index is -0.377. The summed E-state index contributed by atoms with van der Waals surface area (Å²) in [4.78, 5) is 6.56. The van der Waals surface area contributed by atoms with Crippen molar-refractivity contribution >= 4 is 5.84 Å². The van der Waals surface area contributed by atoms with Gasteiger partial charge in [-0.3, -0.25) is 14.4 Å². The van der Waals surface area contributed by atoms with Crippen molar-refractivity contribution in [2.45, 2.75) is 116 Å². The largest absolute Gasteiger partial charge is 0.374 e. The average Bonchev–Trinajstić information content (AvgIpc) is 3.04. The van der Waals surface area contributed by atoms with Crippen molar-refractivity contribution < 1.29 is 14.5 Å². The minimum absolute atomic E-state index is 0. The van der Waals surface area contributed by atoms with Crippen LogP contribution in [0.25, 0.3) is 0 Å². The van der Waals surface area contributed by atoms with E-state index in [1.54, 1.807) is 0 Å². The molecule has 0 spiro atoms. The third-order valence-corrected chi connectivity index (χ3v) is 5.17. The predicted octanol–water partition coefficient (Wildman–Crippen LogP) is 6.22. The van der Waals surface area contributed by atoms with E-state index in [-0.39, 0.29) is 15.6 Å². The molecule has 0 fully saturated rings. The topological polar surface area (TPSA) is 35.8 Å². The number of unbranched alkanes of at least 4 members (excludes halogenated alkanes) is 13. The summed E-state index contributed by atoms with van der Waals surface area (Å²) >= 11 is 0. The zero-order chi connectivity index (χ0) is 17.5. The van der Waals surface area contributed by atoms with Crippen LogP contribution in [0, 0.1) is 0 Å². The molecule has 1 aliphatic rings. The number of hydrogen-bond donors (Lipinski definition) is 1. The van der Waals surface area contributed by atoms with Crippen LogP contribution in [0.3, 0.4) is 0 Å². The second-order valence-corrected chi connectivity index (χ2v) is 7.47. The monoisotopic (exact) mass is 378 g/mol. The Morgan fingerprint density at radius 2 is 1.23 bits per heavy atom. The van der Waals surface area contributed by atoms with E-state index in [1.807, 2.05) is 11.8 Å². The molecule has 0 amide bonds. The maximum Gasteiger partial charge on any atom is 0.125 e. The van der Waals surface area contributed by atoms with E-state index in [9.17, 15) is 5.11 Å². The summed E-state index contributed by atoms with van der Waals surface area (Å²) in [5.74, 6) is 1.13. The van der Waals surface area contributed by atoms with Gasteiger partial charge in [0.2, 0.25) is 0 Å². The first-order chi connectivity index (χ1) is 11.8. The van der Waals surface area contributed by atoms with Crippen molar-refractivity contribution in [3.63, 3.8) is 0 Å². The zero-order valence-electron chi connectivity index (χ0n) is 17.3. The average molecular weight is 379 g/mol. The van der Waals surface area contributed by atoms with Gasteiger partial charge < -0.3 is 10.0 Å². The molecule has 1 unspecified atom stereocenters. The first kappa shape index (κ1) is 27.5. The third-order valence-electron chi connectivity index (χ3n) is 5.17. The SMILES string of the molecule is CCCCCCCCCCCCCCCCC1=NCCN1C(C)O.F.F. The summed E-state index contributed by atoms with van der Waals surface area (Å²) in [6, 6.07) is 0. The first-order valence-corrected chi connectivity index (χ1v) is 10.7. The Balaban J connectivity index is 0. The molecular formula is C21H44F2N2O. The summed E-state index contributed by atoms with van der Waals surface area (Å²) in [5, 5.41) is 9.68. The van der Waals surface area contributed by atoms with Crippen molar-refractivity contribution in [2.24, 2.45) is 4.99 Å². The molecule has 1 atom stereocenters. The third kappa shape index (κ3) is 13.5. The van der Waals surface area contributed by atoms with Gasteiger partial charge in [-0.05, 0) is 13.3 Å². The van der Waals surface area contributed by atoms with Gasteiger partial charge in [0.15, 0.2) is 0 Å². The van der Waals surface area contributed by atoms with Crippen LogP contribution < -0.4 is 0 Å². The Bertz CT molecular complexity index is 325. The van der Waals surface area contributed by atoms with E-state index < -0.39 is 0 Å². The maximum absolute atomic E-state index is 9.68. The van der Waals surface area contributed by atoms with Crippen LogP contribution >= 0.6 is 0 Å². The molecule has 1 rings (SSSR count). The van der Waals surface area contributed by atoms with E-state index in [2.05, 4.69) is 11.9 Å². The molecule has 0 saturated carbocycles. The fourth-order valence-corrected chi connectivity index (χ4v) is 3.61. The molecule has 0 aliphatic carbocycles. The molecule has 0 radical (unpaired) electrons. The van der Waals surface area contributed by atoms with Crippen LogP contribution in [0.15, 0.2) is 4.99 Å². The number of nitrogens with zero attached hydrogens (tertiary/aromatic N) is 2. The Hall–Kier alpha value is -0.710. The molecule has 0 bridgehead atoms. The molecular weight excluding hydrogens is 334 g/mol. The van der Waals surface area contributed by atoms with Crippen molar-refractivity contribution in [3.8, 4) is 0 Å². The van der Waals surface area contributed by atoms with Crippen LogP contribution in [-0.4, -0.2) is 35.2 Å². The predicted molar refractivity (Wildman–Crippen MR) is 111 cm³/mol. The molecule has 0 aromatic rings. The van der Waals surface area contributed by atoms with Gasteiger partial charge in [-0.15, -0.1) is 0 Å². The molecule has 1 N–H and O–H groups in total. The molecule has 158 valence electrons. The molecule has 26 heavy (non-hydrogen) atoms. The van der Waals surface area contributed by atoms with Gasteiger partial charge in [-0.25, -0.2) is 0 Å². The summed E-state index contributed by atoms with van der Waals surface area (Å²) in [5.41, 5.74) is 0. The van der Waals surface area contributed by atoms with Crippen molar-refractivity contribution in [1.29, 1.82) is 0 Å². The Morgan fingerprint density at radius 3 is 1.65 bits per heavy atom. The van der Waals surface area contributed by atoms with Crippen molar-refractivity contribution in [1.82, 2.24) is 4.90 Å². The van der Waals surface area contributed by atoms with E-state index in [1.165, 1.54) is 89.9 Å². The van der Waals surface area contributed by atoms with Gasteiger partial charge in [0, 0.05) is 13.0 Å². The number of amidine groups is 1. The van der Waals surface area contributed by atoms with E-state index in [4.69, 9.17) is 0 Å². The van der Waals surface area contributed by atoms with Gasteiger partial charge >= 0.3 is 0 Å². The number of hydrogen-bond acceptors (Lipinski definition) is 3. The van der Waals surface area contributed by atoms with Gasteiger partial charge in [0.25, 0.3) is 0 Å². The Kier molecular flexibility index (Phi) is 20.2. The van der Waals surface area contributed by atoms with Gasteiger partial charge in [0.1, 0.15) is 12.1 Å². The molecule has 1 aliphatic heterocycles.